The first-order valence-corrected chi connectivity index (χ1v) is 7.31. The van der Waals surface area contributed by atoms with Gasteiger partial charge in [-0.05, 0) is 37.1 Å². The van der Waals surface area contributed by atoms with E-state index in [1.165, 1.54) is 9.71 Å². The van der Waals surface area contributed by atoms with E-state index in [1.807, 2.05) is 18.4 Å². The largest absolute Gasteiger partial charge is 0.319 e. The number of benzene rings is 1. The molecule has 2 aromatic rings. The molecule has 2 nitrogen and oxygen atoms in total. The Balaban J connectivity index is 2.20. The van der Waals surface area contributed by atoms with Crippen LogP contribution in [-0.2, 0) is 6.42 Å². The van der Waals surface area contributed by atoms with E-state index in [9.17, 15) is 0 Å². The smallest absolute Gasteiger partial charge is 0.0942 e. The summed E-state index contributed by atoms with van der Waals surface area (Å²) < 4.78 is 1.30. The molecule has 98 valence electrons. The van der Waals surface area contributed by atoms with Gasteiger partial charge in [0.05, 0.1) is 15.2 Å². The lowest BCUT2D eigenvalue weighted by molar-refractivity contribution is 0.234. The molecule has 0 aliphatic rings. The third-order valence-electron chi connectivity index (χ3n) is 3.43. The van der Waals surface area contributed by atoms with Crippen molar-refractivity contribution in [2.45, 2.75) is 27.2 Å². The van der Waals surface area contributed by atoms with Gasteiger partial charge in [-0.1, -0.05) is 32.9 Å². The molecule has 0 bridgehead atoms. The standard InChI is InChI=1S/C15H22N2S/c1-15(2,3)11(10-16-4)9-14-17-12-7-5-6-8-13(12)18-14/h5-8,11,16H,9-10H2,1-4H3. The highest BCUT2D eigenvalue weighted by molar-refractivity contribution is 7.18. The molecule has 1 aromatic carbocycles. The van der Waals surface area contributed by atoms with Crippen molar-refractivity contribution in [3.05, 3.63) is 29.3 Å². The predicted octanol–water partition coefficient (Wildman–Crippen LogP) is 3.72. The van der Waals surface area contributed by atoms with E-state index in [0.717, 1.165) is 18.5 Å². The van der Waals surface area contributed by atoms with Crippen molar-refractivity contribution in [3.8, 4) is 0 Å². The van der Waals surface area contributed by atoms with Gasteiger partial charge in [-0.3, -0.25) is 0 Å². The predicted molar refractivity (Wildman–Crippen MR) is 80.2 cm³/mol. The second-order valence-corrected chi connectivity index (χ2v) is 7.02. The van der Waals surface area contributed by atoms with Gasteiger partial charge in [-0.15, -0.1) is 11.3 Å². The Hall–Kier alpha value is -0.930. The molecule has 1 atom stereocenters. The fraction of sp³-hybridized carbons (Fsp3) is 0.533. The lowest BCUT2D eigenvalue weighted by Gasteiger charge is -2.30. The maximum atomic E-state index is 4.74. The monoisotopic (exact) mass is 262 g/mol. The normalized spacial score (nSPS) is 14.0. The summed E-state index contributed by atoms with van der Waals surface area (Å²) in [7, 11) is 2.02. The molecule has 3 heteroatoms. The highest BCUT2D eigenvalue weighted by Crippen LogP contribution is 2.31. The zero-order chi connectivity index (χ0) is 13.2. The fourth-order valence-corrected chi connectivity index (χ4v) is 3.20. The number of nitrogens with zero attached hydrogens (tertiary/aromatic N) is 1. The first-order chi connectivity index (χ1) is 8.50. The van der Waals surface area contributed by atoms with Crippen LogP contribution < -0.4 is 5.32 Å². The van der Waals surface area contributed by atoms with Crippen LogP contribution in [0.3, 0.4) is 0 Å². The highest BCUT2D eigenvalue weighted by Gasteiger charge is 2.25. The van der Waals surface area contributed by atoms with Gasteiger partial charge in [0.2, 0.25) is 0 Å². The van der Waals surface area contributed by atoms with Gasteiger partial charge in [0, 0.05) is 6.42 Å². The quantitative estimate of drug-likeness (QED) is 0.908. The summed E-state index contributed by atoms with van der Waals surface area (Å²) in [5.74, 6) is 0.614. The number of hydrogen-bond donors (Lipinski definition) is 1. The molecule has 2 rings (SSSR count). The van der Waals surface area contributed by atoms with E-state index < -0.39 is 0 Å². The summed E-state index contributed by atoms with van der Waals surface area (Å²) in [4.78, 5) is 4.74. The van der Waals surface area contributed by atoms with Crippen LogP contribution in [0.4, 0.5) is 0 Å². The van der Waals surface area contributed by atoms with Crippen molar-refractivity contribution in [1.29, 1.82) is 0 Å². The molecular weight excluding hydrogens is 240 g/mol. The fourth-order valence-electron chi connectivity index (χ4n) is 2.15. The molecule has 0 saturated carbocycles. The minimum absolute atomic E-state index is 0.306. The Kier molecular flexibility index (Phi) is 4.03. The summed E-state index contributed by atoms with van der Waals surface area (Å²) in [6.07, 6.45) is 1.06. The highest BCUT2D eigenvalue weighted by atomic mass is 32.1. The number of nitrogens with one attached hydrogen (secondary N) is 1. The van der Waals surface area contributed by atoms with Crippen molar-refractivity contribution < 1.29 is 0 Å². The van der Waals surface area contributed by atoms with Crippen LogP contribution in [0.15, 0.2) is 24.3 Å². The maximum absolute atomic E-state index is 4.74. The number of fused-ring (bicyclic) bond motifs is 1. The number of rotatable bonds is 4. The molecule has 0 spiro atoms. The van der Waals surface area contributed by atoms with Gasteiger partial charge in [-0.2, -0.15) is 0 Å². The Morgan fingerprint density at radius 2 is 2.00 bits per heavy atom. The lowest BCUT2D eigenvalue weighted by Crippen LogP contribution is -2.31. The average Bonchev–Trinajstić information content (AvgIpc) is 2.69. The maximum Gasteiger partial charge on any atom is 0.0942 e. The molecule has 0 aliphatic heterocycles. The van der Waals surface area contributed by atoms with Crippen molar-refractivity contribution >= 4 is 21.6 Å². The van der Waals surface area contributed by atoms with Crippen molar-refractivity contribution in [1.82, 2.24) is 10.3 Å². The zero-order valence-electron chi connectivity index (χ0n) is 11.7. The van der Waals surface area contributed by atoms with Crippen LogP contribution in [0.2, 0.25) is 0 Å². The van der Waals surface area contributed by atoms with E-state index in [-0.39, 0.29) is 0 Å². The van der Waals surface area contributed by atoms with Crippen molar-refractivity contribution in [2.24, 2.45) is 11.3 Å². The summed E-state index contributed by atoms with van der Waals surface area (Å²) in [6.45, 7) is 7.96. The van der Waals surface area contributed by atoms with Gasteiger partial charge in [0.25, 0.3) is 0 Å². The van der Waals surface area contributed by atoms with E-state index >= 15 is 0 Å². The third kappa shape index (κ3) is 3.09. The molecule has 1 N–H and O–H groups in total. The molecular formula is C15H22N2S. The Morgan fingerprint density at radius 3 is 2.61 bits per heavy atom. The Labute approximate surface area is 113 Å². The first-order valence-electron chi connectivity index (χ1n) is 6.50. The van der Waals surface area contributed by atoms with Crippen LogP contribution in [0, 0.1) is 11.3 Å². The molecule has 0 fully saturated rings. The number of thiazole rings is 1. The molecule has 0 aliphatic carbocycles. The van der Waals surface area contributed by atoms with Gasteiger partial charge in [0.15, 0.2) is 0 Å². The summed E-state index contributed by atoms with van der Waals surface area (Å²) >= 11 is 1.83. The van der Waals surface area contributed by atoms with Crippen LogP contribution in [-0.4, -0.2) is 18.6 Å². The van der Waals surface area contributed by atoms with Crippen molar-refractivity contribution in [2.75, 3.05) is 13.6 Å². The van der Waals surface area contributed by atoms with E-state index in [2.05, 4.69) is 50.4 Å². The number of hydrogen-bond acceptors (Lipinski definition) is 3. The van der Waals surface area contributed by atoms with Gasteiger partial charge >= 0.3 is 0 Å². The number of aromatic nitrogens is 1. The van der Waals surface area contributed by atoms with Gasteiger partial charge in [0.1, 0.15) is 0 Å². The summed E-state index contributed by atoms with van der Waals surface area (Å²) in [5, 5.41) is 4.56. The van der Waals surface area contributed by atoms with E-state index in [1.54, 1.807) is 0 Å². The molecule has 0 amide bonds. The Morgan fingerprint density at radius 1 is 1.28 bits per heavy atom. The van der Waals surface area contributed by atoms with Crippen LogP contribution in [0.1, 0.15) is 25.8 Å². The van der Waals surface area contributed by atoms with E-state index in [4.69, 9.17) is 4.98 Å². The topological polar surface area (TPSA) is 24.9 Å². The van der Waals surface area contributed by atoms with Gasteiger partial charge in [-0.25, -0.2) is 4.98 Å². The molecule has 1 unspecified atom stereocenters. The SMILES string of the molecule is CNCC(Cc1nc2ccccc2s1)C(C)(C)C. The minimum atomic E-state index is 0.306. The van der Waals surface area contributed by atoms with Crippen LogP contribution >= 0.6 is 11.3 Å². The van der Waals surface area contributed by atoms with Crippen molar-refractivity contribution in [3.63, 3.8) is 0 Å². The molecule has 1 heterocycles. The zero-order valence-corrected chi connectivity index (χ0v) is 12.5. The molecule has 18 heavy (non-hydrogen) atoms. The third-order valence-corrected chi connectivity index (χ3v) is 4.49. The molecule has 1 aromatic heterocycles. The Bertz CT molecular complexity index is 477. The summed E-state index contributed by atoms with van der Waals surface area (Å²) in [5.41, 5.74) is 1.44. The second kappa shape index (κ2) is 5.37. The summed E-state index contributed by atoms with van der Waals surface area (Å²) in [6, 6.07) is 8.39. The minimum Gasteiger partial charge on any atom is -0.319 e. The lowest BCUT2D eigenvalue weighted by atomic mass is 9.79. The second-order valence-electron chi connectivity index (χ2n) is 5.90. The molecule has 0 radical (unpaired) electrons. The van der Waals surface area contributed by atoms with Crippen LogP contribution in [0.5, 0.6) is 0 Å². The van der Waals surface area contributed by atoms with Gasteiger partial charge < -0.3 is 5.32 Å². The van der Waals surface area contributed by atoms with Crippen LogP contribution in [0.25, 0.3) is 10.2 Å². The van der Waals surface area contributed by atoms with E-state index in [0.29, 0.717) is 11.3 Å². The first kappa shape index (κ1) is 13.5. The number of para-hydroxylation sites is 1. The molecule has 0 saturated heterocycles. The average molecular weight is 262 g/mol.